The van der Waals surface area contributed by atoms with Crippen molar-refractivity contribution in [3.63, 3.8) is 0 Å². The molecule has 6 rings (SSSR count). The fraction of sp³-hybridized carbons (Fsp3) is 0.379. The van der Waals surface area contributed by atoms with Gasteiger partial charge >= 0.3 is 6.03 Å². The standard InChI is InChI=1S/C29H32N6O5/c1-19-5-2-3-6-21(19)15-34-17-31-22-14-23(28(37)32-9-4-10-33(12-11-32)29(30)38)35(16-24(22)34)27(36)20-7-8-25-26(13-20)40-18-39-25/h2-3,5-8,13,17,23H,4,9-12,14-16,18H2,1H3,(H2,30,38). The van der Waals surface area contributed by atoms with Gasteiger partial charge in [0.2, 0.25) is 12.7 Å². The van der Waals surface area contributed by atoms with Gasteiger partial charge in [-0.2, -0.15) is 0 Å². The number of aryl methyl sites for hydroxylation is 1. The van der Waals surface area contributed by atoms with Crippen molar-refractivity contribution in [2.75, 3.05) is 33.0 Å². The first-order valence-corrected chi connectivity index (χ1v) is 13.5. The second-order valence-electron chi connectivity index (χ2n) is 10.4. The lowest BCUT2D eigenvalue weighted by Crippen LogP contribution is -2.54. The van der Waals surface area contributed by atoms with E-state index >= 15 is 0 Å². The molecule has 2 N–H and O–H groups in total. The van der Waals surface area contributed by atoms with Gasteiger partial charge in [-0.3, -0.25) is 9.59 Å². The van der Waals surface area contributed by atoms with Crippen LogP contribution in [0.4, 0.5) is 4.79 Å². The average molecular weight is 545 g/mol. The lowest BCUT2D eigenvalue weighted by molar-refractivity contribution is -0.136. The molecule has 4 heterocycles. The van der Waals surface area contributed by atoms with E-state index in [0.29, 0.717) is 62.6 Å². The van der Waals surface area contributed by atoms with E-state index in [1.807, 2.05) is 12.1 Å². The molecule has 3 aliphatic rings. The normalized spacial score (nSPS) is 18.3. The first-order valence-electron chi connectivity index (χ1n) is 13.5. The van der Waals surface area contributed by atoms with Crippen LogP contribution >= 0.6 is 0 Å². The van der Waals surface area contributed by atoms with Gasteiger partial charge in [0.25, 0.3) is 5.91 Å². The first-order chi connectivity index (χ1) is 19.4. The molecule has 0 bridgehead atoms. The lowest BCUT2D eigenvalue weighted by atomic mass is 9.99. The largest absolute Gasteiger partial charge is 0.454 e. The van der Waals surface area contributed by atoms with E-state index in [1.54, 1.807) is 39.2 Å². The molecule has 3 aliphatic heterocycles. The van der Waals surface area contributed by atoms with Gasteiger partial charge in [0.1, 0.15) is 6.04 Å². The number of rotatable bonds is 4. The Labute approximate surface area is 232 Å². The smallest absolute Gasteiger partial charge is 0.314 e. The first kappa shape index (κ1) is 25.7. The minimum absolute atomic E-state index is 0.108. The second kappa shape index (κ2) is 10.6. The van der Waals surface area contributed by atoms with Crippen molar-refractivity contribution >= 4 is 17.8 Å². The number of ether oxygens (including phenoxy) is 2. The van der Waals surface area contributed by atoms with Crippen molar-refractivity contribution in [3.05, 3.63) is 76.9 Å². The van der Waals surface area contributed by atoms with Gasteiger partial charge < -0.3 is 34.5 Å². The van der Waals surface area contributed by atoms with Crippen molar-refractivity contribution in [2.45, 2.75) is 38.9 Å². The molecule has 4 amide bonds. The Hall–Kier alpha value is -4.54. The second-order valence-corrected chi connectivity index (χ2v) is 10.4. The predicted molar refractivity (Wildman–Crippen MR) is 145 cm³/mol. The Balaban J connectivity index is 1.31. The molecule has 208 valence electrons. The summed E-state index contributed by atoms with van der Waals surface area (Å²) in [5.41, 5.74) is 9.98. The molecule has 0 saturated carbocycles. The fourth-order valence-corrected chi connectivity index (χ4v) is 5.67. The number of hydrogen-bond acceptors (Lipinski definition) is 6. The number of carbonyl (C=O) groups is 3. The van der Waals surface area contributed by atoms with Gasteiger partial charge in [0.05, 0.1) is 24.3 Å². The van der Waals surface area contributed by atoms with Crippen molar-refractivity contribution in [1.29, 1.82) is 0 Å². The maximum absolute atomic E-state index is 14.0. The minimum atomic E-state index is -0.729. The molecule has 1 fully saturated rings. The summed E-state index contributed by atoms with van der Waals surface area (Å²) in [5.74, 6) is 0.680. The number of benzene rings is 2. The maximum Gasteiger partial charge on any atom is 0.314 e. The van der Waals surface area contributed by atoms with Gasteiger partial charge in [-0.15, -0.1) is 0 Å². The quantitative estimate of drug-likeness (QED) is 0.537. The van der Waals surface area contributed by atoms with Crippen LogP contribution in [-0.4, -0.2) is 81.1 Å². The molecule has 1 aromatic heterocycles. The number of nitrogens with zero attached hydrogens (tertiary/aromatic N) is 5. The number of nitrogens with two attached hydrogens (primary N) is 1. The summed E-state index contributed by atoms with van der Waals surface area (Å²) >= 11 is 0. The van der Waals surface area contributed by atoms with Gasteiger partial charge in [-0.1, -0.05) is 24.3 Å². The van der Waals surface area contributed by atoms with Crippen molar-refractivity contribution < 1.29 is 23.9 Å². The third-order valence-corrected chi connectivity index (χ3v) is 8.00. The van der Waals surface area contributed by atoms with Crippen LogP contribution in [0.25, 0.3) is 0 Å². The van der Waals surface area contributed by atoms with Crippen molar-refractivity contribution in [3.8, 4) is 11.5 Å². The van der Waals surface area contributed by atoms with E-state index in [-0.39, 0.29) is 25.2 Å². The molecule has 0 spiro atoms. The van der Waals surface area contributed by atoms with E-state index in [0.717, 1.165) is 17.0 Å². The van der Waals surface area contributed by atoms with Gasteiger partial charge in [-0.25, -0.2) is 9.78 Å². The third kappa shape index (κ3) is 4.83. The summed E-state index contributed by atoms with van der Waals surface area (Å²) in [5, 5.41) is 0. The summed E-state index contributed by atoms with van der Waals surface area (Å²) in [7, 11) is 0. The SMILES string of the molecule is Cc1ccccc1Cn1cnc2c1CN(C(=O)c1ccc3c(c1)OCO3)C(C(=O)N1CCCN(C(N)=O)CC1)C2. The molecule has 0 radical (unpaired) electrons. The van der Waals surface area contributed by atoms with E-state index in [9.17, 15) is 14.4 Å². The van der Waals surface area contributed by atoms with Gasteiger partial charge in [0.15, 0.2) is 11.5 Å². The topological polar surface area (TPSA) is 123 Å². The number of urea groups is 1. The molecule has 11 heteroatoms. The Bertz CT molecular complexity index is 1470. The van der Waals surface area contributed by atoms with E-state index in [4.69, 9.17) is 15.2 Å². The van der Waals surface area contributed by atoms with Gasteiger partial charge in [-0.05, 0) is 42.7 Å². The molecular weight excluding hydrogens is 512 g/mol. The molecule has 0 aliphatic carbocycles. The summed E-state index contributed by atoms with van der Waals surface area (Å²) in [6, 6.07) is 12.0. The fourth-order valence-electron chi connectivity index (χ4n) is 5.67. The zero-order valence-electron chi connectivity index (χ0n) is 22.4. The van der Waals surface area contributed by atoms with Crippen LogP contribution in [0.5, 0.6) is 11.5 Å². The van der Waals surface area contributed by atoms with Crippen LogP contribution in [0.1, 0.15) is 39.3 Å². The van der Waals surface area contributed by atoms with E-state index in [2.05, 4.69) is 28.6 Å². The molecular formula is C29H32N6O5. The number of hydrogen-bond donors (Lipinski definition) is 1. The highest BCUT2D eigenvalue weighted by Crippen LogP contribution is 2.34. The van der Waals surface area contributed by atoms with E-state index < -0.39 is 12.1 Å². The third-order valence-electron chi connectivity index (χ3n) is 8.00. The summed E-state index contributed by atoms with van der Waals surface area (Å²) in [6.45, 7) is 4.75. The number of amides is 4. The van der Waals surface area contributed by atoms with Crippen molar-refractivity contribution in [2.24, 2.45) is 5.73 Å². The number of fused-ring (bicyclic) bond motifs is 2. The molecule has 1 unspecified atom stereocenters. The Morgan fingerprint density at radius 2 is 1.77 bits per heavy atom. The van der Waals surface area contributed by atoms with Gasteiger partial charge in [0, 0.05) is 44.7 Å². The summed E-state index contributed by atoms with van der Waals surface area (Å²) in [6.07, 6.45) is 2.72. The minimum Gasteiger partial charge on any atom is -0.454 e. The lowest BCUT2D eigenvalue weighted by Gasteiger charge is -2.37. The predicted octanol–water partition coefficient (Wildman–Crippen LogP) is 2.15. The van der Waals surface area contributed by atoms with Crippen LogP contribution < -0.4 is 15.2 Å². The monoisotopic (exact) mass is 544 g/mol. The van der Waals surface area contributed by atoms with Crippen LogP contribution in [0.2, 0.25) is 0 Å². The zero-order valence-corrected chi connectivity index (χ0v) is 22.4. The number of aromatic nitrogens is 2. The zero-order chi connectivity index (χ0) is 27.8. The van der Waals surface area contributed by atoms with Crippen LogP contribution in [0.15, 0.2) is 48.8 Å². The Morgan fingerprint density at radius 3 is 2.60 bits per heavy atom. The highest BCUT2D eigenvalue weighted by molar-refractivity contribution is 5.98. The van der Waals surface area contributed by atoms with Crippen molar-refractivity contribution in [1.82, 2.24) is 24.3 Å². The Morgan fingerprint density at radius 1 is 1.00 bits per heavy atom. The summed E-state index contributed by atoms with van der Waals surface area (Å²) < 4.78 is 13.0. The summed E-state index contributed by atoms with van der Waals surface area (Å²) in [4.78, 5) is 49.3. The van der Waals surface area contributed by atoms with Crippen LogP contribution in [0, 0.1) is 6.92 Å². The molecule has 40 heavy (non-hydrogen) atoms. The molecule has 11 nitrogen and oxygen atoms in total. The maximum atomic E-state index is 14.0. The van der Waals surface area contributed by atoms with E-state index in [1.165, 1.54) is 5.56 Å². The number of imidazole rings is 1. The molecule has 1 saturated heterocycles. The number of carbonyl (C=O) groups excluding carboxylic acids is 3. The Kier molecular flexibility index (Phi) is 6.79. The molecule has 1 atom stereocenters. The highest BCUT2D eigenvalue weighted by atomic mass is 16.7. The van der Waals surface area contributed by atoms with Crippen LogP contribution in [0.3, 0.4) is 0 Å². The number of primary amides is 1. The molecule has 2 aromatic carbocycles. The average Bonchev–Trinajstić information content (AvgIpc) is 3.51. The highest BCUT2D eigenvalue weighted by Gasteiger charge is 2.40. The van der Waals surface area contributed by atoms with Crippen LogP contribution in [-0.2, 0) is 24.3 Å². The molecule has 3 aromatic rings.